The number of hydrogen-bond acceptors (Lipinski definition) is 4. The molecule has 0 aliphatic heterocycles. The minimum absolute atomic E-state index is 0.564. The molecule has 5 nitrogen and oxygen atoms in total. The van der Waals surface area contributed by atoms with Crippen LogP contribution in [0.4, 0.5) is 0 Å². The van der Waals surface area contributed by atoms with Crippen molar-refractivity contribution >= 4 is 34.1 Å². The van der Waals surface area contributed by atoms with Gasteiger partial charge in [-0.25, -0.2) is 9.97 Å². The van der Waals surface area contributed by atoms with Crippen molar-refractivity contribution in [3.8, 4) is 0 Å². The molecule has 0 fully saturated rings. The van der Waals surface area contributed by atoms with Crippen molar-refractivity contribution in [2.75, 3.05) is 5.88 Å². The van der Waals surface area contributed by atoms with E-state index in [9.17, 15) is 0 Å². The minimum Gasteiger partial charge on any atom is -0.307 e. The summed E-state index contributed by atoms with van der Waals surface area (Å²) in [6.45, 7) is 4.85. The molecule has 3 aromatic heterocycles. The molecule has 3 heterocycles. The maximum Gasteiger partial charge on any atom is 0.159 e. The average Bonchev–Trinajstić information content (AvgIpc) is 3.09. The second kappa shape index (κ2) is 5.77. The zero-order valence-corrected chi connectivity index (χ0v) is 14.0. The molecule has 3 aromatic rings. The summed E-state index contributed by atoms with van der Waals surface area (Å²) in [4.78, 5) is 9.33. The highest BCUT2D eigenvalue weighted by Crippen LogP contribution is 2.22. The summed E-state index contributed by atoms with van der Waals surface area (Å²) in [5.41, 5.74) is 4.15. The molecule has 0 saturated heterocycles. The van der Waals surface area contributed by atoms with Gasteiger partial charge in [-0.15, -0.1) is 22.9 Å². The second-order valence-electron chi connectivity index (χ2n) is 5.01. The highest BCUT2D eigenvalue weighted by atomic mass is 35.5. The van der Waals surface area contributed by atoms with Gasteiger partial charge in [-0.05, 0) is 13.3 Å². The lowest BCUT2D eigenvalue weighted by Gasteiger charge is -2.07. The lowest BCUT2D eigenvalue weighted by molar-refractivity contribution is 0.682. The Kier molecular flexibility index (Phi) is 3.99. The molecule has 21 heavy (non-hydrogen) atoms. The number of aryl methyl sites for hydroxylation is 4. The largest absolute Gasteiger partial charge is 0.307 e. The molecule has 0 radical (unpaired) electrons. The molecular formula is C14H18ClN5S. The molecule has 0 atom stereocenters. The smallest absolute Gasteiger partial charge is 0.159 e. The van der Waals surface area contributed by atoms with E-state index in [2.05, 4.69) is 27.0 Å². The molecular weight excluding hydrogens is 306 g/mol. The summed E-state index contributed by atoms with van der Waals surface area (Å²) in [5.74, 6) is 1.57. The molecule has 0 saturated carbocycles. The van der Waals surface area contributed by atoms with Crippen LogP contribution in [0.1, 0.15) is 29.1 Å². The van der Waals surface area contributed by atoms with Crippen molar-refractivity contribution in [3.05, 3.63) is 27.6 Å². The van der Waals surface area contributed by atoms with Crippen molar-refractivity contribution in [1.29, 1.82) is 0 Å². The SMILES string of the molecule is CCc1nn(C)c2c1nc(CCCl)n2Cc1csc(C)n1. The van der Waals surface area contributed by atoms with Gasteiger partial charge < -0.3 is 4.57 Å². The van der Waals surface area contributed by atoms with Crippen LogP contribution in [0, 0.1) is 6.92 Å². The van der Waals surface area contributed by atoms with Crippen LogP contribution >= 0.6 is 22.9 Å². The average molecular weight is 324 g/mol. The Morgan fingerprint density at radius 2 is 2.14 bits per heavy atom. The third-order valence-corrected chi connectivity index (χ3v) is 4.52. The number of imidazole rings is 1. The topological polar surface area (TPSA) is 48.5 Å². The third kappa shape index (κ3) is 2.58. The lowest BCUT2D eigenvalue weighted by atomic mass is 10.3. The number of alkyl halides is 1. The van der Waals surface area contributed by atoms with Crippen LogP contribution in [0.2, 0.25) is 0 Å². The molecule has 0 aliphatic rings. The van der Waals surface area contributed by atoms with Crippen molar-refractivity contribution in [2.45, 2.75) is 33.2 Å². The van der Waals surface area contributed by atoms with Crippen LogP contribution in [0.15, 0.2) is 5.38 Å². The Balaban J connectivity index is 2.13. The number of nitrogens with zero attached hydrogens (tertiary/aromatic N) is 5. The van der Waals surface area contributed by atoms with E-state index < -0.39 is 0 Å². The lowest BCUT2D eigenvalue weighted by Crippen LogP contribution is -2.09. The third-order valence-electron chi connectivity index (χ3n) is 3.51. The van der Waals surface area contributed by atoms with Crippen LogP contribution in [0.3, 0.4) is 0 Å². The first-order valence-corrected chi connectivity index (χ1v) is 8.43. The normalized spacial score (nSPS) is 11.6. The van der Waals surface area contributed by atoms with Crippen molar-refractivity contribution < 1.29 is 0 Å². The first kappa shape index (κ1) is 14.5. The maximum absolute atomic E-state index is 5.93. The standard InChI is InChI=1S/C14H18ClN5S/c1-4-11-13-14(19(3)18-11)20(12(17-13)5-6-15)7-10-8-21-9(2)16-10/h8H,4-7H2,1-3H3. The molecule has 0 aliphatic carbocycles. The fourth-order valence-electron chi connectivity index (χ4n) is 2.61. The number of halogens is 1. The van der Waals surface area contributed by atoms with Crippen LogP contribution in [-0.4, -0.2) is 30.2 Å². The molecule has 0 aromatic carbocycles. The van der Waals surface area contributed by atoms with Crippen LogP contribution in [0.5, 0.6) is 0 Å². The molecule has 0 amide bonds. The Bertz CT molecular complexity index is 770. The zero-order valence-electron chi connectivity index (χ0n) is 12.4. The number of hydrogen-bond donors (Lipinski definition) is 0. The summed E-state index contributed by atoms with van der Waals surface area (Å²) in [5, 5.41) is 7.74. The van der Waals surface area contributed by atoms with E-state index in [1.807, 2.05) is 18.7 Å². The molecule has 0 N–H and O–H groups in total. The molecule has 0 bridgehead atoms. The summed E-state index contributed by atoms with van der Waals surface area (Å²) in [6.07, 6.45) is 1.63. The number of fused-ring (bicyclic) bond motifs is 1. The summed E-state index contributed by atoms with van der Waals surface area (Å²) < 4.78 is 4.11. The highest BCUT2D eigenvalue weighted by molar-refractivity contribution is 7.09. The summed E-state index contributed by atoms with van der Waals surface area (Å²) in [7, 11) is 1.97. The van der Waals surface area contributed by atoms with E-state index in [-0.39, 0.29) is 0 Å². The van der Waals surface area contributed by atoms with Crippen LogP contribution in [-0.2, 0) is 26.4 Å². The van der Waals surface area contributed by atoms with Crippen molar-refractivity contribution in [1.82, 2.24) is 24.3 Å². The first-order valence-electron chi connectivity index (χ1n) is 7.02. The fourth-order valence-corrected chi connectivity index (χ4v) is 3.38. The quantitative estimate of drug-likeness (QED) is 0.678. The van der Waals surface area contributed by atoms with Gasteiger partial charge in [0.25, 0.3) is 0 Å². The molecule has 112 valence electrons. The molecule has 0 spiro atoms. The summed E-state index contributed by atoms with van der Waals surface area (Å²) >= 11 is 7.61. The van der Waals surface area contributed by atoms with Gasteiger partial charge in [0.15, 0.2) is 5.65 Å². The van der Waals surface area contributed by atoms with Crippen molar-refractivity contribution in [2.24, 2.45) is 7.05 Å². The predicted molar refractivity (Wildman–Crippen MR) is 86.3 cm³/mol. The van der Waals surface area contributed by atoms with E-state index >= 15 is 0 Å². The monoisotopic (exact) mass is 323 g/mol. The molecule has 0 unspecified atom stereocenters. The van der Waals surface area contributed by atoms with Gasteiger partial charge in [0.2, 0.25) is 0 Å². The Hall–Kier alpha value is -1.40. The highest BCUT2D eigenvalue weighted by Gasteiger charge is 2.18. The van der Waals surface area contributed by atoms with Gasteiger partial charge in [0, 0.05) is 24.7 Å². The zero-order chi connectivity index (χ0) is 15.0. The Labute approximate surface area is 132 Å². The second-order valence-corrected chi connectivity index (χ2v) is 6.45. The molecule has 3 rings (SSSR count). The van der Waals surface area contributed by atoms with Gasteiger partial charge in [0.1, 0.15) is 11.3 Å². The van der Waals surface area contributed by atoms with E-state index in [1.54, 1.807) is 11.3 Å². The Morgan fingerprint density at radius 1 is 1.33 bits per heavy atom. The van der Waals surface area contributed by atoms with E-state index in [1.165, 1.54) is 0 Å². The predicted octanol–water partition coefficient (Wildman–Crippen LogP) is 2.93. The van der Waals surface area contributed by atoms with Crippen molar-refractivity contribution in [3.63, 3.8) is 0 Å². The fraction of sp³-hybridized carbons (Fsp3) is 0.500. The maximum atomic E-state index is 5.93. The van der Waals surface area contributed by atoms with E-state index in [0.717, 1.165) is 52.8 Å². The van der Waals surface area contributed by atoms with Gasteiger partial charge in [-0.3, -0.25) is 4.68 Å². The van der Waals surface area contributed by atoms with Crippen LogP contribution in [0.25, 0.3) is 11.2 Å². The number of aromatic nitrogens is 5. The number of thiazole rings is 1. The summed E-state index contributed by atoms with van der Waals surface area (Å²) in [6, 6.07) is 0. The van der Waals surface area contributed by atoms with Gasteiger partial charge in [0.05, 0.1) is 22.9 Å². The van der Waals surface area contributed by atoms with Crippen LogP contribution < -0.4 is 0 Å². The minimum atomic E-state index is 0.564. The van der Waals surface area contributed by atoms with Gasteiger partial charge in [-0.2, -0.15) is 5.10 Å². The first-order chi connectivity index (χ1) is 10.1. The van der Waals surface area contributed by atoms with Gasteiger partial charge in [-0.1, -0.05) is 6.92 Å². The van der Waals surface area contributed by atoms with Gasteiger partial charge >= 0.3 is 0 Å². The number of rotatable bonds is 5. The molecule has 7 heteroatoms. The van der Waals surface area contributed by atoms with E-state index in [0.29, 0.717) is 5.88 Å². The van der Waals surface area contributed by atoms with E-state index in [4.69, 9.17) is 16.6 Å². The Morgan fingerprint density at radius 3 is 2.76 bits per heavy atom.